The van der Waals surface area contributed by atoms with Gasteiger partial charge in [-0.05, 0) is 53.6 Å². The maximum atomic E-state index is 4.91. The standard InChI is InChI=1S/C23H18Br2N2/c24-19-11-6-17(7-12-19)8-15-21-16-23(18-9-13-20(25)14-10-18)27(26-21)22-4-2-1-3-5-22/h1-15,23H,16H2. The summed E-state index contributed by atoms with van der Waals surface area (Å²) < 4.78 is 2.18. The van der Waals surface area contributed by atoms with Gasteiger partial charge in [0.25, 0.3) is 0 Å². The van der Waals surface area contributed by atoms with Gasteiger partial charge in [0.1, 0.15) is 0 Å². The van der Waals surface area contributed by atoms with E-state index in [-0.39, 0.29) is 6.04 Å². The van der Waals surface area contributed by atoms with E-state index in [1.54, 1.807) is 0 Å². The average Bonchev–Trinajstić information content (AvgIpc) is 3.13. The van der Waals surface area contributed by atoms with Crippen LogP contribution in [-0.4, -0.2) is 5.71 Å². The first-order valence-corrected chi connectivity index (χ1v) is 10.4. The van der Waals surface area contributed by atoms with Crippen molar-refractivity contribution in [3.63, 3.8) is 0 Å². The summed E-state index contributed by atoms with van der Waals surface area (Å²) in [6.45, 7) is 0. The molecule has 0 bridgehead atoms. The Labute approximate surface area is 176 Å². The van der Waals surface area contributed by atoms with E-state index in [9.17, 15) is 0 Å². The molecule has 0 radical (unpaired) electrons. The summed E-state index contributed by atoms with van der Waals surface area (Å²) in [5, 5.41) is 7.04. The fourth-order valence-electron chi connectivity index (χ4n) is 3.16. The molecule has 0 aliphatic carbocycles. The van der Waals surface area contributed by atoms with Crippen molar-refractivity contribution in [2.45, 2.75) is 12.5 Å². The van der Waals surface area contributed by atoms with Crippen molar-refractivity contribution in [2.75, 3.05) is 5.01 Å². The van der Waals surface area contributed by atoms with Crippen LogP contribution in [0.3, 0.4) is 0 Å². The molecule has 0 aromatic heterocycles. The first-order valence-electron chi connectivity index (χ1n) is 8.80. The summed E-state index contributed by atoms with van der Waals surface area (Å²) >= 11 is 7.00. The third kappa shape index (κ3) is 4.40. The number of nitrogens with zero attached hydrogens (tertiary/aromatic N) is 2. The number of benzene rings is 3. The van der Waals surface area contributed by atoms with Crippen molar-refractivity contribution >= 4 is 49.3 Å². The van der Waals surface area contributed by atoms with Gasteiger partial charge in [-0.2, -0.15) is 5.10 Å². The van der Waals surface area contributed by atoms with Crippen molar-refractivity contribution in [1.29, 1.82) is 0 Å². The van der Waals surface area contributed by atoms with Crippen molar-refractivity contribution in [2.24, 2.45) is 5.10 Å². The Hall–Kier alpha value is -2.17. The second-order valence-corrected chi connectivity index (χ2v) is 8.26. The van der Waals surface area contributed by atoms with Crippen LogP contribution in [0.2, 0.25) is 0 Å². The average molecular weight is 482 g/mol. The number of rotatable bonds is 4. The van der Waals surface area contributed by atoms with E-state index in [1.807, 2.05) is 6.07 Å². The van der Waals surface area contributed by atoms with Gasteiger partial charge in [-0.15, -0.1) is 0 Å². The van der Waals surface area contributed by atoms with Crippen LogP contribution in [0.15, 0.2) is 99.0 Å². The van der Waals surface area contributed by atoms with Gasteiger partial charge in [0, 0.05) is 15.4 Å². The normalized spacial score (nSPS) is 16.7. The predicted molar refractivity (Wildman–Crippen MR) is 121 cm³/mol. The highest BCUT2D eigenvalue weighted by Crippen LogP contribution is 2.35. The first-order chi connectivity index (χ1) is 13.2. The number of allylic oxidation sites excluding steroid dienone is 1. The summed E-state index contributed by atoms with van der Waals surface area (Å²) in [7, 11) is 0. The maximum Gasteiger partial charge on any atom is 0.0831 e. The van der Waals surface area contributed by atoms with E-state index in [2.05, 4.69) is 122 Å². The number of hydrazone groups is 1. The Kier molecular flexibility index (Phi) is 5.55. The molecular formula is C23H18Br2N2. The zero-order valence-electron chi connectivity index (χ0n) is 14.6. The number of hydrogen-bond acceptors (Lipinski definition) is 2. The summed E-state index contributed by atoms with van der Waals surface area (Å²) in [6, 6.07) is 27.4. The van der Waals surface area contributed by atoms with Crippen molar-refractivity contribution < 1.29 is 0 Å². The van der Waals surface area contributed by atoms with Crippen LogP contribution in [0, 0.1) is 0 Å². The van der Waals surface area contributed by atoms with Gasteiger partial charge in [0.15, 0.2) is 0 Å². The van der Waals surface area contributed by atoms with E-state index >= 15 is 0 Å². The Morgan fingerprint density at radius 2 is 1.41 bits per heavy atom. The molecular weight excluding hydrogens is 464 g/mol. The summed E-state index contributed by atoms with van der Waals surface area (Å²) in [5.41, 5.74) is 4.62. The molecule has 1 heterocycles. The lowest BCUT2D eigenvalue weighted by Crippen LogP contribution is -2.18. The number of anilines is 1. The van der Waals surface area contributed by atoms with E-state index in [4.69, 9.17) is 5.10 Å². The molecule has 1 aliphatic heterocycles. The van der Waals surface area contributed by atoms with Gasteiger partial charge >= 0.3 is 0 Å². The summed E-state index contributed by atoms with van der Waals surface area (Å²) in [4.78, 5) is 0. The third-order valence-corrected chi connectivity index (χ3v) is 5.60. The molecule has 4 heteroatoms. The van der Waals surface area contributed by atoms with E-state index in [1.165, 1.54) is 11.1 Å². The van der Waals surface area contributed by atoms with Crippen molar-refractivity contribution in [1.82, 2.24) is 0 Å². The zero-order valence-corrected chi connectivity index (χ0v) is 17.8. The highest BCUT2D eigenvalue weighted by atomic mass is 79.9. The van der Waals surface area contributed by atoms with E-state index in [0.717, 1.165) is 26.8 Å². The van der Waals surface area contributed by atoms with Gasteiger partial charge in [-0.1, -0.05) is 80.4 Å². The fraction of sp³-hybridized carbons (Fsp3) is 0.0870. The minimum absolute atomic E-state index is 0.199. The molecule has 1 atom stereocenters. The van der Waals surface area contributed by atoms with E-state index < -0.39 is 0 Å². The molecule has 2 nitrogen and oxygen atoms in total. The SMILES string of the molecule is Brc1ccc(C=CC2=NN(c3ccccc3)C(c3ccc(Br)cc3)C2)cc1. The minimum atomic E-state index is 0.199. The zero-order chi connectivity index (χ0) is 18.6. The molecule has 0 fully saturated rings. The summed E-state index contributed by atoms with van der Waals surface area (Å²) in [5.74, 6) is 0. The Bertz CT molecular complexity index is 962. The fourth-order valence-corrected chi connectivity index (χ4v) is 3.69. The quantitative estimate of drug-likeness (QED) is 0.383. The highest BCUT2D eigenvalue weighted by molar-refractivity contribution is 9.10. The first kappa shape index (κ1) is 18.2. The Morgan fingerprint density at radius 1 is 0.778 bits per heavy atom. The number of para-hydroxylation sites is 1. The smallest absolute Gasteiger partial charge is 0.0831 e. The summed E-state index contributed by atoms with van der Waals surface area (Å²) in [6.07, 6.45) is 5.12. The molecule has 0 saturated carbocycles. The topological polar surface area (TPSA) is 15.6 Å². The van der Waals surface area contributed by atoms with Crippen LogP contribution in [0.4, 0.5) is 5.69 Å². The minimum Gasteiger partial charge on any atom is -0.257 e. The van der Waals surface area contributed by atoms with Crippen LogP contribution in [-0.2, 0) is 0 Å². The monoisotopic (exact) mass is 480 g/mol. The lowest BCUT2D eigenvalue weighted by atomic mass is 10.0. The van der Waals surface area contributed by atoms with Crippen LogP contribution >= 0.6 is 31.9 Å². The molecule has 3 aromatic rings. The molecule has 27 heavy (non-hydrogen) atoms. The molecule has 1 unspecified atom stereocenters. The van der Waals surface area contributed by atoms with Crippen LogP contribution < -0.4 is 5.01 Å². The Morgan fingerprint density at radius 3 is 2.07 bits per heavy atom. The van der Waals surface area contributed by atoms with Gasteiger partial charge in [-0.3, -0.25) is 5.01 Å². The Balaban J connectivity index is 1.63. The van der Waals surface area contributed by atoms with E-state index in [0.29, 0.717) is 0 Å². The van der Waals surface area contributed by atoms with Crippen molar-refractivity contribution in [3.8, 4) is 0 Å². The van der Waals surface area contributed by atoms with Crippen LogP contribution in [0.5, 0.6) is 0 Å². The largest absolute Gasteiger partial charge is 0.257 e. The molecule has 1 aliphatic rings. The molecule has 0 spiro atoms. The van der Waals surface area contributed by atoms with Crippen LogP contribution in [0.1, 0.15) is 23.6 Å². The van der Waals surface area contributed by atoms with Gasteiger partial charge in [0.2, 0.25) is 0 Å². The lowest BCUT2D eigenvalue weighted by molar-refractivity contribution is 0.709. The number of hydrogen-bond donors (Lipinski definition) is 0. The lowest BCUT2D eigenvalue weighted by Gasteiger charge is -2.24. The van der Waals surface area contributed by atoms with Gasteiger partial charge < -0.3 is 0 Å². The molecule has 4 rings (SSSR count). The second kappa shape index (κ2) is 8.24. The predicted octanol–water partition coefficient (Wildman–Crippen LogP) is 7.23. The molecule has 134 valence electrons. The van der Waals surface area contributed by atoms with Gasteiger partial charge in [0.05, 0.1) is 17.4 Å². The van der Waals surface area contributed by atoms with Gasteiger partial charge in [-0.25, -0.2) is 0 Å². The molecule has 0 N–H and O–H groups in total. The van der Waals surface area contributed by atoms with Crippen molar-refractivity contribution in [3.05, 3.63) is 105 Å². The second-order valence-electron chi connectivity index (χ2n) is 6.43. The van der Waals surface area contributed by atoms with Crippen LogP contribution in [0.25, 0.3) is 6.08 Å². The number of halogens is 2. The maximum absolute atomic E-state index is 4.91. The third-order valence-electron chi connectivity index (χ3n) is 4.55. The highest BCUT2D eigenvalue weighted by Gasteiger charge is 2.28. The molecule has 3 aromatic carbocycles. The molecule has 0 amide bonds. The molecule has 0 saturated heterocycles.